The van der Waals surface area contributed by atoms with Gasteiger partial charge in [0.1, 0.15) is 6.17 Å². The molecule has 0 spiro atoms. The van der Waals surface area contributed by atoms with E-state index in [0.717, 1.165) is 18.9 Å². The summed E-state index contributed by atoms with van der Waals surface area (Å²) >= 11 is 1.80. The van der Waals surface area contributed by atoms with E-state index in [-0.39, 0.29) is 12.2 Å². The highest BCUT2D eigenvalue weighted by atomic mass is 32.1. The largest absolute Gasteiger partial charge is 0.321 e. The average molecular weight is 292 g/mol. The number of amides is 1. The molecule has 3 rings (SSSR count). The van der Waals surface area contributed by atoms with E-state index in [1.165, 1.54) is 35.4 Å². The topological polar surface area (TPSA) is 32.3 Å². The third kappa shape index (κ3) is 2.63. The highest BCUT2D eigenvalue weighted by Gasteiger charge is 2.39. The van der Waals surface area contributed by atoms with Crippen molar-refractivity contribution in [1.82, 2.24) is 10.2 Å². The van der Waals surface area contributed by atoms with Gasteiger partial charge < -0.3 is 4.90 Å². The average Bonchev–Trinajstić information content (AvgIpc) is 2.93. The summed E-state index contributed by atoms with van der Waals surface area (Å²) in [6.07, 6.45) is 6.24. The highest BCUT2D eigenvalue weighted by molar-refractivity contribution is 7.12. The first-order chi connectivity index (χ1) is 9.69. The van der Waals surface area contributed by atoms with Crippen molar-refractivity contribution in [3.8, 4) is 0 Å². The Morgan fingerprint density at radius 1 is 1.40 bits per heavy atom. The van der Waals surface area contributed by atoms with E-state index in [1.54, 1.807) is 11.3 Å². The maximum absolute atomic E-state index is 12.5. The van der Waals surface area contributed by atoms with Crippen LogP contribution in [0.1, 0.15) is 54.9 Å². The van der Waals surface area contributed by atoms with Crippen molar-refractivity contribution < 1.29 is 4.79 Å². The van der Waals surface area contributed by atoms with E-state index in [4.69, 9.17) is 0 Å². The Hall–Kier alpha value is -0.870. The lowest BCUT2D eigenvalue weighted by molar-refractivity contribution is -0.130. The zero-order chi connectivity index (χ0) is 14.1. The van der Waals surface area contributed by atoms with Crippen LogP contribution in [-0.2, 0) is 4.79 Å². The molecule has 0 bridgehead atoms. The van der Waals surface area contributed by atoms with Gasteiger partial charge in [-0.15, -0.1) is 11.3 Å². The fourth-order valence-corrected chi connectivity index (χ4v) is 4.10. The van der Waals surface area contributed by atoms with Crippen LogP contribution in [0.2, 0.25) is 0 Å². The first kappa shape index (κ1) is 14.1. The molecule has 1 aliphatic carbocycles. The van der Waals surface area contributed by atoms with Crippen LogP contribution in [0.5, 0.6) is 0 Å². The second-order valence-electron chi connectivity index (χ2n) is 6.10. The smallest absolute Gasteiger partial charge is 0.241 e. The molecule has 3 nitrogen and oxygen atoms in total. The van der Waals surface area contributed by atoms with E-state index in [1.807, 2.05) is 0 Å². The van der Waals surface area contributed by atoms with Gasteiger partial charge in [-0.05, 0) is 37.8 Å². The summed E-state index contributed by atoms with van der Waals surface area (Å²) in [5.41, 5.74) is 0. The lowest BCUT2D eigenvalue weighted by Crippen LogP contribution is -2.33. The van der Waals surface area contributed by atoms with Crippen molar-refractivity contribution in [3.05, 3.63) is 21.9 Å². The minimum absolute atomic E-state index is 0.00352. The molecule has 2 unspecified atom stereocenters. The molecule has 2 fully saturated rings. The fourth-order valence-electron chi connectivity index (χ4n) is 3.15. The summed E-state index contributed by atoms with van der Waals surface area (Å²) in [7, 11) is 0. The lowest BCUT2D eigenvalue weighted by atomic mass is 9.83. The number of hydrogen-bond acceptors (Lipinski definition) is 3. The molecule has 4 heteroatoms. The van der Waals surface area contributed by atoms with Gasteiger partial charge >= 0.3 is 0 Å². The Bertz CT molecular complexity index is 481. The van der Waals surface area contributed by atoms with Crippen LogP contribution in [-0.4, -0.2) is 23.4 Å². The quantitative estimate of drug-likeness (QED) is 0.901. The SMILES string of the molecule is CCC1NC(c2ccc(C)s2)N(CCC2CCC2)C1=O. The number of thiophene rings is 1. The Morgan fingerprint density at radius 3 is 2.75 bits per heavy atom. The highest BCUT2D eigenvalue weighted by Crippen LogP contribution is 2.34. The Labute approximate surface area is 125 Å². The third-order valence-corrected chi connectivity index (χ3v) is 5.75. The number of carbonyl (C=O) groups excluding carboxylic acids is 1. The third-order valence-electron chi connectivity index (χ3n) is 4.69. The molecule has 110 valence electrons. The van der Waals surface area contributed by atoms with Crippen molar-refractivity contribution in [1.29, 1.82) is 0 Å². The molecule has 2 atom stereocenters. The van der Waals surface area contributed by atoms with Crippen molar-refractivity contribution in [2.24, 2.45) is 5.92 Å². The second-order valence-corrected chi connectivity index (χ2v) is 7.42. The van der Waals surface area contributed by atoms with Crippen LogP contribution in [0.3, 0.4) is 0 Å². The predicted molar refractivity (Wildman–Crippen MR) is 82.7 cm³/mol. The summed E-state index contributed by atoms with van der Waals surface area (Å²) < 4.78 is 0. The molecular weight excluding hydrogens is 268 g/mol. The van der Waals surface area contributed by atoms with Crippen LogP contribution in [0.4, 0.5) is 0 Å². The van der Waals surface area contributed by atoms with E-state index < -0.39 is 0 Å². The normalized spacial score (nSPS) is 27.1. The van der Waals surface area contributed by atoms with Crippen LogP contribution >= 0.6 is 11.3 Å². The van der Waals surface area contributed by atoms with Crippen molar-refractivity contribution >= 4 is 17.2 Å². The molecule has 1 aromatic heterocycles. The second kappa shape index (κ2) is 5.86. The molecule has 2 aliphatic rings. The Morgan fingerprint density at radius 2 is 2.20 bits per heavy atom. The van der Waals surface area contributed by atoms with Crippen molar-refractivity contribution in [2.45, 2.75) is 58.2 Å². The molecule has 1 amide bonds. The summed E-state index contributed by atoms with van der Waals surface area (Å²) in [6.45, 7) is 5.12. The molecule has 2 heterocycles. The van der Waals surface area contributed by atoms with Crippen LogP contribution in [0.25, 0.3) is 0 Å². The van der Waals surface area contributed by atoms with Crippen LogP contribution < -0.4 is 5.32 Å². The van der Waals surface area contributed by atoms with Gasteiger partial charge in [0.15, 0.2) is 0 Å². The van der Waals surface area contributed by atoms with Gasteiger partial charge in [0.2, 0.25) is 5.91 Å². The number of rotatable bonds is 5. The number of nitrogens with zero attached hydrogens (tertiary/aromatic N) is 1. The number of aryl methyl sites for hydroxylation is 1. The summed E-state index contributed by atoms with van der Waals surface area (Å²) in [5, 5.41) is 3.52. The summed E-state index contributed by atoms with van der Waals surface area (Å²) in [5.74, 6) is 1.15. The fraction of sp³-hybridized carbons (Fsp3) is 0.688. The first-order valence-corrected chi connectivity index (χ1v) is 8.63. The molecule has 1 aromatic rings. The lowest BCUT2D eigenvalue weighted by Gasteiger charge is -2.29. The maximum Gasteiger partial charge on any atom is 0.241 e. The van der Waals surface area contributed by atoms with Gasteiger partial charge in [-0.25, -0.2) is 0 Å². The van der Waals surface area contributed by atoms with Gasteiger partial charge in [0, 0.05) is 16.3 Å². The van der Waals surface area contributed by atoms with E-state index in [2.05, 4.69) is 36.2 Å². The number of hydrogen-bond donors (Lipinski definition) is 1. The van der Waals surface area contributed by atoms with E-state index in [0.29, 0.717) is 5.91 Å². The summed E-state index contributed by atoms with van der Waals surface area (Å²) in [4.78, 5) is 17.2. The minimum atomic E-state index is 0.00352. The van der Waals surface area contributed by atoms with Gasteiger partial charge in [0.05, 0.1) is 6.04 Å². The van der Waals surface area contributed by atoms with E-state index >= 15 is 0 Å². The molecule has 20 heavy (non-hydrogen) atoms. The first-order valence-electron chi connectivity index (χ1n) is 7.82. The Kier molecular flexibility index (Phi) is 4.13. The molecule has 1 saturated carbocycles. The van der Waals surface area contributed by atoms with Gasteiger partial charge in [0.25, 0.3) is 0 Å². The van der Waals surface area contributed by atoms with Gasteiger partial charge in [-0.3, -0.25) is 10.1 Å². The molecule has 0 aromatic carbocycles. The minimum Gasteiger partial charge on any atom is -0.321 e. The predicted octanol–water partition coefficient (Wildman–Crippen LogP) is 3.46. The van der Waals surface area contributed by atoms with Crippen molar-refractivity contribution in [2.75, 3.05) is 6.54 Å². The van der Waals surface area contributed by atoms with Gasteiger partial charge in [-0.1, -0.05) is 26.2 Å². The number of nitrogens with one attached hydrogen (secondary N) is 1. The maximum atomic E-state index is 12.5. The van der Waals surface area contributed by atoms with Crippen LogP contribution in [0, 0.1) is 12.8 Å². The molecule has 1 N–H and O–H groups in total. The van der Waals surface area contributed by atoms with Gasteiger partial charge in [-0.2, -0.15) is 0 Å². The van der Waals surface area contributed by atoms with Crippen molar-refractivity contribution in [3.63, 3.8) is 0 Å². The molecule has 1 aliphatic heterocycles. The standard InChI is InChI=1S/C16H24N2OS/c1-3-13-16(19)18(10-9-12-5-4-6-12)15(17-13)14-8-7-11(2)20-14/h7-8,12-13,15,17H,3-6,9-10H2,1-2H3. The molecular formula is C16H24N2OS. The monoisotopic (exact) mass is 292 g/mol. The zero-order valence-corrected chi connectivity index (χ0v) is 13.2. The number of carbonyl (C=O) groups is 1. The summed E-state index contributed by atoms with van der Waals surface area (Å²) in [6, 6.07) is 4.32. The Balaban J connectivity index is 1.72. The van der Waals surface area contributed by atoms with E-state index in [9.17, 15) is 4.79 Å². The zero-order valence-electron chi connectivity index (χ0n) is 12.4. The van der Waals surface area contributed by atoms with Crippen LogP contribution in [0.15, 0.2) is 12.1 Å². The molecule has 0 radical (unpaired) electrons. The molecule has 1 saturated heterocycles.